The number of thiazole rings is 1. The molecule has 0 N–H and O–H groups in total. The van der Waals surface area contributed by atoms with Crippen molar-refractivity contribution in [1.82, 2.24) is 9.97 Å². The smallest absolute Gasteiger partial charge is 0.345 e. The highest BCUT2D eigenvalue weighted by atomic mass is 79.9. The number of anilines is 1. The number of nitrogens with zero attached hydrogens (tertiary/aromatic N) is 4. The number of para-hydroxylation sites is 1. The quantitative estimate of drug-likeness (QED) is 0.144. The second-order valence-electron chi connectivity index (χ2n) is 9.33. The summed E-state index contributed by atoms with van der Waals surface area (Å²) in [5, 5.41) is 11.1. The Bertz CT molecular complexity index is 2040. The Morgan fingerprint density at radius 3 is 2.75 bits per heavy atom. The molecule has 196 valence electrons. The third-order valence-corrected chi connectivity index (χ3v) is 8.42. The van der Waals surface area contributed by atoms with Crippen LogP contribution >= 0.6 is 38.9 Å². The monoisotopic (exact) mass is 630 g/mol. The second-order valence-corrected chi connectivity index (χ2v) is 11.4. The van der Waals surface area contributed by atoms with E-state index in [4.69, 9.17) is 26.1 Å². The zero-order chi connectivity index (χ0) is 27.4. The zero-order valence-electron chi connectivity index (χ0n) is 20.5. The van der Waals surface area contributed by atoms with Crippen molar-refractivity contribution in [2.75, 3.05) is 5.01 Å². The summed E-state index contributed by atoms with van der Waals surface area (Å²) < 4.78 is 20.5. The third kappa shape index (κ3) is 4.50. The largest absolute Gasteiger partial charge is 0.422 e. The molecule has 4 heterocycles. The Morgan fingerprint density at radius 2 is 1.88 bits per heavy atom. The maximum Gasteiger partial charge on any atom is 0.345 e. The summed E-state index contributed by atoms with van der Waals surface area (Å²) in [4.78, 5) is 22.3. The molecule has 0 radical (unpaired) electrons. The Morgan fingerprint density at radius 1 is 1.00 bits per heavy atom. The summed E-state index contributed by atoms with van der Waals surface area (Å²) in [5.41, 5.74) is 3.79. The molecule has 1 aliphatic heterocycles. The zero-order valence-corrected chi connectivity index (χ0v) is 23.7. The first-order chi connectivity index (χ1) is 19.4. The number of fused-ring (bicyclic) bond motifs is 2. The molecule has 6 nitrogen and oxygen atoms in total. The van der Waals surface area contributed by atoms with Crippen LogP contribution in [0.15, 0.2) is 103 Å². The van der Waals surface area contributed by atoms with E-state index in [9.17, 15) is 9.18 Å². The SMILES string of the molecule is O=c1oc2ccc(Br)cc2cc1-c1csc(N2N=C(c3cccc(F)c3)CC2c2cc3ccccc3nc2Cl)n1. The van der Waals surface area contributed by atoms with E-state index >= 15 is 0 Å². The topological polar surface area (TPSA) is 71.6 Å². The van der Waals surface area contributed by atoms with Gasteiger partial charge < -0.3 is 4.42 Å². The second kappa shape index (κ2) is 9.92. The predicted molar refractivity (Wildman–Crippen MR) is 161 cm³/mol. The fraction of sp³-hybridized carbons (Fsp3) is 0.0667. The molecule has 0 saturated heterocycles. The molecule has 3 aromatic heterocycles. The Labute approximate surface area is 244 Å². The molecule has 0 saturated carbocycles. The number of hydrogen-bond donors (Lipinski definition) is 0. The molecule has 7 rings (SSSR count). The molecule has 6 aromatic rings. The molecule has 0 fully saturated rings. The molecule has 1 unspecified atom stereocenters. The van der Waals surface area contributed by atoms with E-state index < -0.39 is 5.63 Å². The average Bonchev–Trinajstić information content (AvgIpc) is 3.60. The molecule has 0 spiro atoms. The number of rotatable bonds is 4. The number of pyridine rings is 1. The molecular weight excluding hydrogens is 615 g/mol. The molecule has 3 aromatic carbocycles. The van der Waals surface area contributed by atoms with Crippen LogP contribution in [-0.4, -0.2) is 15.7 Å². The highest BCUT2D eigenvalue weighted by molar-refractivity contribution is 9.10. The molecule has 1 aliphatic rings. The third-order valence-electron chi connectivity index (χ3n) is 6.79. The maximum atomic E-state index is 14.1. The number of benzene rings is 3. The minimum absolute atomic E-state index is 0.341. The van der Waals surface area contributed by atoms with E-state index in [1.165, 1.54) is 23.5 Å². The van der Waals surface area contributed by atoms with Gasteiger partial charge in [-0.1, -0.05) is 57.9 Å². The number of hydrogen-bond acceptors (Lipinski definition) is 7. The lowest BCUT2D eigenvalue weighted by Gasteiger charge is -2.22. The van der Waals surface area contributed by atoms with Crippen molar-refractivity contribution in [3.8, 4) is 11.3 Å². The molecule has 10 heteroatoms. The van der Waals surface area contributed by atoms with Gasteiger partial charge in [-0.2, -0.15) is 5.10 Å². The number of halogens is 3. The van der Waals surface area contributed by atoms with Gasteiger partial charge in [0.15, 0.2) is 0 Å². The van der Waals surface area contributed by atoms with E-state index in [0.29, 0.717) is 44.8 Å². The van der Waals surface area contributed by atoms with Crippen LogP contribution in [0.2, 0.25) is 5.15 Å². The van der Waals surface area contributed by atoms with Gasteiger partial charge in [-0.3, -0.25) is 0 Å². The van der Waals surface area contributed by atoms with Gasteiger partial charge in [0.25, 0.3) is 0 Å². The molecular formula is C30H17BrClFN4O2S. The lowest BCUT2D eigenvalue weighted by atomic mass is 9.98. The summed E-state index contributed by atoms with van der Waals surface area (Å²) in [6, 6.07) is 23.0. The van der Waals surface area contributed by atoms with Crippen molar-refractivity contribution >= 4 is 71.6 Å². The fourth-order valence-electron chi connectivity index (χ4n) is 4.88. The number of hydrazone groups is 1. The van der Waals surface area contributed by atoms with Crippen molar-refractivity contribution in [3.05, 3.63) is 121 Å². The van der Waals surface area contributed by atoms with Crippen LogP contribution in [0.5, 0.6) is 0 Å². The van der Waals surface area contributed by atoms with Gasteiger partial charge in [-0.25, -0.2) is 24.2 Å². The van der Waals surface area contributed by atoms with Gasteiger partial charge >= 0.3 is 5.63 Å². The molecule has 0 amide bonds. The Balaban J connectivity index is 1.34. The van der Waals surface area contributed by atoms with Crippen molar-refractivity contribution in [2.24, 2.45) is 5.10 Å². The summed E-state index contributed by atoms with van der Waals surface area (Å²) in [5.74, 6) is -0.341. The Hall–Kier alpha value is -3.92. The van der Waals surface area contributed by atoms with E-state index in [1.54, 1.807) is 28.6 Å². The summed E-state index contributed by atoms with van der Waals surface area (Å²) >= 11 is 11.5. The Kier molecular flexibility index (Phi) is 6.22. The molecule has 0 bridgehead atoms. The van der Waals surface area contributed by atoms with E-state index in [0.717, 1.165) is 26.3 Å². The van der Waals surface area contributed by atoms with Gasteiger partial charge in [0.2, 0.25) is 5.13 Å². The van der Waals surface area contributed by atoms with Crippen molar-refractivity contribution in [1.29, 1.82) is 0 Å². The maximum absolute atomic E-state index is 14.1. The summed E-state index contributed by atoms with van der Waals surface area (Å²) in [6.45, 7) is 0. The van der Waals surface area contributed by atoms with Crippen molar-refractivity contribution in [2.45, 2.75) is 12.5 Å². The first-order valence-corrected chi connectivity index (χ1v) is 14.4. The van der Waals surface area contributed by atoms with Gasteiger partial charge in [0, 0.05) is 38.2 Å². The van der Waals surface area contributed by atoms with Crippen LogP contribution in [0.1, 0.15) is 23.6 Å². The van der Waals surface area contributed by atoms with Gasteiger partial charge in [-0.15, -0.1) is 11.3 Å². The van der Waals surface area contributed by atoms with E-state index in [-0.39, 0.29) is 11.9 Å². The van der Waals surface area contributed by atoms with E-state index in [1.807, 2.05) is 48.5 Å². The van der Waals surface area contributed by atoms with Gasteiger partial charge in [0.05, 0.1) is 28.5 Å². The molecule has 0 aliphatic carbocycles. The highest BCUT2D eigenvalue weighted by Crippen LogP contribution is 2.42. The van der Waals surface area contributed by atoms with Crippen LogP contribution < -0.4 is 10.6 Å². The predicted octanol–water partition coefficient (Wildman–Crippen LogP) is 8.38. The highest BCUT2D eigenvalue weighted by Gasteiger charge is 2.34. The normalized spacial score (nSPS) is 15.2. The van der Waals surface area contributed by atoms with Crippen LogP contribution in [-0.2, 0) is 0 Å². The minimum Gasteiger partial charge on any atom is -0.422 e. The summed E-state index contributed by atoms with van der Waals surface area (Å²) in [6.07, 6.45) is 0.463. The lowest BCUT2D eigenvalue weighted by molar-refractivity contribution is 0.563. The molecule has 1 atom stereocenters. The van der Waals surface area contributed by atoms with Gasteiger partial charge in [0.1, 0.15) is 16.6 Å². The van der Waals surface area contributed by atoms with Gasteiger partial charge in [-0.05, 0) is 48.5 Å². The standard InChI is InChI=1S/C30H17BrClFN4O2S/c31-19-8-9-27-18(10-19)13-21(29(38)39-27)25-15-40-30(35-25)37-26(14-24(36-37)16-5-3-6-20(33)11-16)22-12-17-4-1-2-7-23(17)34-28(22)32/h1-13,15,26H,14H2. The average molecular weight is 632 g/mol. The van der Waals surface area contributed by atoms with Crippen molar-refractivity contribution < 1.29 is 8.81 Å². The molecule has 40 heavy (non-hydrogen) atoms. The van der Waals surface area contributed by atoms with Crippen LogP contribution in [0.4, 0.5) is 9.52 Å². The van der Waals surface area contributed by atoms with Crippen LogP contribution in [0.3, 0.4) is 0 Å². The first-order valence-electron chi connectivity index (χ1n) is 12.3. The van der Waals surface area contributed by atoms with Crippen LogP contribution in [0, 0.1) is 5.82 Å². The lowest BCUT2D eigenvalue weighted by Crippen LogP contribution is -2.19. The first kappa shape index (κ1) is 25.1. The minimum atomic E-state index is -0.477. The van der Waals surface area contributed by atoms with Crippen molar-refractivity contribution in [3.63, 3.8) is 0 Å². The fourth-order valence-corrected chi connectivity index (χ4v) is 6.35. The van der Waals surface area contributed by atoms with E-state index in [2.05, 4.69) is 20.9 Å². The van der Waals surface area contributed by atoms with Crippen LogP contribution in [0.25, 0.3) is 33.1 Å². The number of aromatic nitrogens is 2. The summed E-state index contributed by atoms with van der Waals surface area (Å²) in [7, 11) is 0.